The molecular formula is C21H22N2O3S. The van der Waals surface area contributed by atoms with Gasteiger partial charge in [-0.15, -0.1) is 11.3 Å². The lowest BCUT2D eigenvalue weighted by Gasteiger charge is -2.15. The van der Waals surface area contributed by atoms with E-state index in [4.69, 9.17) is 9.47 Å². The highest BCUT2D eigenvalue weighted by Crippen LogP contribution is 2.30. The monoisotopic (exact) mass is 382 g/mol. The molecule has 1 heterocycles. The largest absolute Gasteiger partial charge is 0.493 e. The molecule has 0 saturated heterocycles. The second kappa shape index (κ2) is 8.68. The van der Waals surface area contributed by atoms with Crippen LogP contribution in [0.3, 0.4) is 0 Å². The fourth-order valence-electron chi connectivity index (χ4n) is 2.70. The first-order valence-electron chi connectivity index (χ1n) is 8.66. The van der Waals surface area contributed by atoms with Gasteiger partial charge in [0.15, 0.2) is 11.5 Å². The number of para-hydroxylation sites is 1. The Labute approximate surface area is 163 Å². The van der Waals surface area contributed by atoms with Crippen LogP contribution in [0.25, 0.3) is 0 Å². The van der Waals surface area contributed by atoms with Gasteiger partial charge >= 0.3 is 0 Å². The average molecular weight is 382 g/mol. The molecule has 0 saturated carbocycles. The maximum Gasteiger partial charge on any atom is 0.255 e. The van der Waals surface area contributed by atoms with Crippen LogP contribution < -0.4 is 14.8 Å². The lowest BCUT2D eigenvalue weighted by molar-refractivity contribution is 0.102. The standard InChI is InChI=1S/C21H22N2O3S/c1-14(2)17-6-4-5-7-18(17)23-21(24)15-8-9-19(20(10-15)25-3)26-11-16-12-27-13-22-16/h4-10,12-14H,11H2,1-3H3,(H,23,24). The summed E-state index contributed by atoms with van der Waals surface area (Å²) in [5.74, 6) is 1.21. The fourth-order valence-corrected chi connectivity index (χ4v) is 3.24. The van der Waals surface area contributed by atoms with Crippen LogP contribution in [-0.2, 0) is 6.61 Å². The third-order valence-corrected chi connectivity index (χ3v) is 4.75. The molecule has 6 heteroatoms. The van der Waals surface area contributed by atoms with Crippen LogP contribution in [0.15, 0.2) is 53.4 Å². The Bertz CT molecular complexity index is 908. The van der Waals surface area contributed by atoms with Crippen LogP contribution in [0, 0.1) is 0 Å². The van der Waals surface area contributed by atoms with Gasteiger partial charge in [0.1, 0.15) is 6.61 Å². The molecule has 0 aliphatic rings. The molecule has 0 aliphatic carbocycles. The first-order chi connectivity index (χ1) is 13.1. The predicted molar refractivity (Wildman–Crippen MR) is 108 cm³/mol. The second-order valence-corrected chi connectivity index (χ2v) is 7.05. The number of methoxy groups -OCH3 is 1. The molecule has 27 heavy (non-hydrogen) atoms. The zero-order valence-electron chi connectivity index (χ0n) is 15.6. The molecule has 0 unspecified atom stereocenters. The van der Waals surface area contributed by atoms with Crippen molar-refractivity contribution in [3.8, 4) is 11.5 Å². The smallest absolute Gasteiger partial charge is 0.255 e. The number of hydrogen-bond donors (Lipinski definition) is 1. The van der Waals surface area contributed by atoms with E-state index in [1.54, 1.807) is 30.8 Å². The highest BCUT2D eigenvalue weighted by atomic mass is 32.1. The third-order valence-electron chi connectivity index (χ3n) is 4.12. The van der Waals surface area contributed by atoms with Gasteiger partial charge < -0.3 is 14.8 Å². The van der Waals surface area contributed by atoms with Crippen LogP contribution in [-0.4, -0.2) is 18.0 Å². The number of nitrogens with one attached hydrogen (secondary N) is 1. The number of thiazole rings is 1. The molecule has 0 atom stereocenters. The van der Waals surface area contributed by atoms with E-state index in [2.05, 4.69) is 24.1 Å². The Balaban J connectivity index is 1.75. The van der Waals surface area contributed by atoms with Crippen molar-refractivity contribution in [2.45, 2.75) is 26.4 Å². The van der Waals surface area contributed by atoms with Gasteiger partial charge in [-0.05, 0) is 35.7 Å². The van der Waals surface area contributed by atoms with Crippen molar-refractivity contribution in [3.05, 3.63) is 70.2 Å². The summed E-state index contributed by atoms with van der Waals surface area (Å²) in [5.41, 5.74) is 5.04. The van der Waals surface area contributed by atoms with E-state index in [9.17, 15) is 4.79 Å². The van der Waals surface area contributed by atoms with Crippen molar-refractivity contribution in [1.82, 2.24) is 4.98 Å². The molecule has 3 aromatic rings. The van der Waals surface area contributed by atoms with Crippen molar-refractivity contribution in [3.63, 3.8) is 0 Å². The molecule has 2 aromatic carbocycles. The third kappa shape index (κ3) is 4.65. The lowest BCUT2D eigenvalue weighted by Crippen LogP contribution is -2.14. The van der Waals surface area contributed by atoms with E-state index in [1.165, 1.54) is 11.3 Å². The molecule has 0 spiro atoms. The second-order valence-electron chi connectivity index (χ2n) is 6.33. The fraction of sp³-hybridized carbons (Fsp3) is 0.238. The number of aromatic nitrogens is 1. The summed E-state index contributed by atoms with van der Waals surface area (Å²) >= 11 is 1.52. The van der Waals surface area contributed by atoms with E-state index < -0.39 is 0 Å². The summed E-state index contributed by atoms with van der Waals surface area (Å²) in [4.78, 5) is 16.9. The quantitative estimate of drug-likeness (QED) is 0.617. The Morgan fingerprint density at radius 1 is 1.19 bits per heavy atom. The molecule has 0 aliphatic heterocycles. The number of carbonyl (C=O) groups is 1. The van der Waals surface area contributed by atoms with E-state index in [1.807, 2.05) is 29.6 Å². The Morgan fingerprint density at radius 3 is 2.70 bits per heavy atom. The zero-order valence-corrected chi connectivity index (χ0v) is 16.4. The molecule has 1 amide bonds. The Hall–Kier alpha value is -2.86. The molecule has 0 bridgehead atoms. The van der Waals surface area contributed by atoms with Crippen LogP contribution in [0.2, 0.25) is 0 Å². The summed E-state index contributed by atoms with van der Waals surface area (Å²) in [7, 11) is 1.56. The van der Waals surface area contributed by atoms with Crippen LogP contribution in [0.4, 0.5) is 5.69 Å². The van der Waals surface area contributed by atoms with Gasteiger partial charge in [-0.3, -0.25) is 4.79 Å². The highest BCUT2D eigenvalue weighted by molar-refractivity contribution is 7.07. The first-order valence-corrected chi connectivity index (χ1v) is 9.61. The number of amides is 1. The molecule has 5 nitrogen and oxygen atoms in total. The molecule has 0 radical (unpaired) electrons. The van der Waals surface area contributed by atoms with Gasteiger partial charge in [0.25, 0.3) is 5.91 Å². The van der Waals surface area contributed by atoms with Gasteiger partial charge in [-0.1, -0.05) is 32.0 Å². The number of hydrogen-bond acceptors (Lipinski definition) is 5. The summed E-state index contributed by atoms with van der Waals surface area (Å²) in [5, 5.41) is 4.92. The van der Waals surface area contributed by atoms with E-state index >= 15 is 0 Å². The first kappa shape index (κ1) is 18.9. The topological polar surface area (TPSA) is 60.5 Å². The van der Waals surface area contributed by atoms with Crippen molar-refractivity contribution < 1.29 is 14.3 Å². The van der Waals surface area contributed by atoms with Crippen molar-refractivity contribution in [2.24, 2.45) is 0 Å². The van der Waals surface area contributed by atoms with Gasteiger partial charge in [-0.25, -0.2) is 4.98 Å². The van der Waals surface area contributed by atoms with Crippen molar-refractivity contribution in [1.29, 1.82) is 0 Å². The number of nitrogens with zero attached hydrogens (tertiary/aromatic N) is 1. The highest BCUT2D eigenvalue weighted by Gasteiger charge is 2.14. The van der Waals surface area contributed by atoms with Gasteiger partial charge in [0.05, 0.1) is 18.3 Å². The maximum absolute atomic E-state index is 12.7. The molecule has 1 N–H and O–H groups in total. The molecule has 0 fully saturated rings. The Kier molecular flexibility index (Phi) is 6.08. The van der Waals surface area contributed by atoms with Crippen LogP contribution in [0.1, 0.15) is 41.4 Å². The van der Waals surface area contributed by atoms with Crippen molar-refractivity contribution in [2.75, 3.05) is 12.4 Å². The molecule has 140 valence electrons. The van der Waals surface area contributed by atoms with Gasteiger partial charge in [0, 0.05) is 16.6 Å². The minimum absolute atomic E-state index is 0.188. The van der Waals surface area contributed by atoms with E-state index in [-0.39, 0.29) is 5.91 Å². The average Bonchev–Trinajstić information content (AvgIpc) is 3.20. The minimum Gasteiger partial charge on any atom is -0.493 e. The number of benzene rings is 2. The van der Waals surface area contributed by atoms with Gasteiger partial charge in [0.2, 0.25) is 0 Å². The number of ether oxygens (including phenoxy) is 2. The SMILES string of the molecule is COc1cc(C(=O)Nc2ccccc2C(C)C)ccc1OCc1cscn1. The van der Waals surface area contributed by atoms with E-state index in [0.717, 1.165) is 16.9 Å². The number of anilines is 1. The predicted octanol–water partition coefficient (Wildman–Crippen LogP) is 5.11. The zero-order chi connectivity index (χ0) is 19.2. The summed E-state index contributed by atoms with van der Waals surface area (Å²) in [6, 6.07) is 13.0. The van der Waals surface area contributed by atoms with Crippen LogP contribution >= 0.6 is 11.3 Å². The molecular weight excluding hydrogens is 360 g/mol. The maximum atomic E-state index is 12.7. The Morgan fingerprint density at radius 2 is 2.00 bits per heavy atom. The normalized spacial score (nSPS) is 10.7. The number of rotatable bonds is 7. The number of carbonyl (C=O) groups excluding carboxylic acids is 1. The van der Waals surface area contributed by atoms with Gasteiger partial charge in [-0.2, -0.15) is 0 Å². The summed E-state index contributed by atoms with van der Waals surface area (Å²) in [6.45, 7) is 4.55. The van der Waals surface area contributed by atoms with E-state index in [0.29, 0.717) is 29.6 Å². The van der Waals surface area contributed by atoms with Crippen molar-refractivity contribution >= 4 is 22.9 Å². The lowest BCUT2D eigenvalue weighted by atomic mass is 10.0. The summed E-state index contributed by atoms with van der Waals surface area (Å²) in [6.07, 6.45) is 0. The summed E-state index contributed by atoms with van der Waals surface area (Å²) < 4.78 is 11.2. The van der Waals surface area contributed by atoms with Crippen LogP contribution in [0.5, 0.6) is 11.5 Å². The molecule has 3 rings (SSSR count). The molecule has 1 aromatic heterocycles. The minimum atomic E-state index is -0.188.